The summed E-state index contributed by atoms with van der Waals surface area (Å²) in [6, 6.07) is 10.8. The van der Waals surface area contributed by atoms with E-state index in [1.807, 2.05) is 13.0 Å². The molecule has 0 aliphatic carbocycles. The molecule has 0 amide bonds. The number of hydrogen-bond acceptors (Lipinski definition) is 5. The van der Waals surface area contributed by atoms with Crippen molar-refractivity contribution in [3.8, 4) is 5.75 Å². The number of hydrogen-bond donors (Lipinski definition) is 1. The number of ether oxygens (including phenoxy) is 1. The molecule has 1 aromatic carbocycles. The van der Waals surface area contributed by atoms with Crippen LogP contribution in [-0.4, -0.2) is 59.3 Å². The molecule has 1 saturated heterocycles. The highest BCUT2D eigenvalue weighted by atomic mass is 16.5. The lowest BCUT2D eigenvalue weighted by Gasteiger charge is -2.41. The van der Waals surface area contributed by atoms with Gasteiger partial charge in [0.2, 0.25) is 0 Å². The van der Waals surface area contributed by atoms with Gasteiger partial charge in [-0.3, -0.25) is 14.8 Å². The second kappa shape index (κ2) is 9.50. The average molecular weight is 384 g/mol. The number of methoxy groups -OCH3 is 1. The van der Waals surface area contributed by atoms with Gasteiger partial charge in [-0.25, -0.2) is 0 Å². The number of pyridine rings is 1. The lowest BCUT2D eigenvalue weighted by Crippen LogP contribution is -2.52. The normalized spacial score (nSPS) is 18.4. The van der Waals surface area contributed by atoms with Gasteiger partial charge in [0.05, 0.1) is 12.8 Å². The van der Waals surface area contributed by atoms with E-state index in [0.29, 0.717) is 6.04 Å². The van der Waals surface area contributed by atoms with Gasteiger partial charge >= 0.3 is 0 Å². The molecule has 152 valence electrons. The van der Waals surface area contributed by atoms with Gasteiger partial charge in [-0.05, 0) is 62.1 Å². The molecule has 1 aliphatic heterocycles. The highest BCUT2D eigenvalue weighted by Crippen LogP contribution is 2.26. The van der Waals surface area contributed by atoms with E-state index < -0.39 is 0 Å². The maximum Gasteiger partial charge on any atom is 0.122 e. The van der Waals surface area contributed by atoms with Crippen LogP contribution in [0.25, 0.3) is 0 Å². The van der Waals surface area contributed by atoms with Crippen LogP contribution in [0.1, 0.15) is 34.5 Å². The Balaban J connectivity index is 1.69. The Bertz CT molecular complexity index is 793. The fraction of sp³-hybridized carbons (Fsp3) is 0.522. The summed E-state index contributed by atoms with van der Waals surface area (Å²) >= 11 is 0. The van der Waals surface area contributed by atoms with Gasteiger partial charge in [-0.15, -0.1) is 0 Å². The van der Waals surface area contributed by atoms with Gasteiger partial charge in [0.1, 0.15) is 5.75 Å². The third kappa shape index (κ3) is 4.90. The van der Waals surface area contributed by atoms with E-state index >= 15 is 0 Å². The summed E-state index contributed by atoms with van der Waals surface area (Å²) in [6.07, 6.45) is 0.798. The molecule has 0 radical (unpaired) electrons. The standard InChI is InChI=1S/C23H33N3O2/c1-17-6-5-7-21(24-17)15-25-11-12-26(22(16-25)10-13-27)14-20-8-9-23(28-4)19(3)18(20)2/h5-9,22,27H,10-16H2,1-4H3/t22-/m0/s1. The smallest absolute Gasteiger partial charge is 0.122 e. The number of aromatic nitrogens is 1. The predicted molar refractivity (Wildman–Crippen MR) is 113 cm³/mol. The van der Waals surface area contributed by atoms with Crippen LogP contribution < -0.4 is 4.74 Å². The molecule has 5 nitrogen and oxygen atoms in total. The van der Waals surface area contributed by atoms with Crippen LogP contribution in [0, 0.1) is 20.8 Å². The Hall–Kier alpha value is -1.95. The van der Waals surface area contributed by atoms with Crippen LogP contribution in [0.15, 0.2) is 30.3 Å². The van der Waals surface area contributed by atoms with E-state index in [-0.39, 0.29) is 6.61 Å². The van der Waals surface area contributed by atoms with Gasteiger partial charge in [0, 0.05) is 51.1 Å². The van der Waals surface area contributed by atoms with Gasteiger partial charge < -0.3 is 9.84 Å². The lowest BCUT2D eigenvalue weighted by molar-refractivity contribution is 0.0492. The quantitative estimate of drug-likeness (QED) is 0.796. The van der Waals surface area contributed by atoms with E-state index in [9.17, 15) is 5.11 Å². The molecule has 1 atom stereocenters. The molecule has 0 saturated carbocycles. The third-order valence-electron chi connectivity index (χ3n) is 5.93. The Morgan fingerprint density at radius 2 is 1.89 bits per heavy atom. The average Bonchev–Trinajstić information content (AvgIpc) is 2.68. The van der Waals surface area contributed by atoms with Crippen molar-refractivity contribution in [2.75, 3.05) is 33.4 Å². The fourth-order valence-corrected chi connectivity index (χ4v) is 4.11. The number of nitrogens with zero attached hydrogens (tertiary/aromatic N) is 3. The van der Waals surface area contributed by atoms with Crippen molar-refractivity contribution in [1.82, 2.24) is 14.8 Å². The maximum atomic E-state index is 9.61. The zero-order valence-corrected chi connectivity index (χ0v) is 17.6. The van der Waals surface area contributed by atoms with Crippen LogP contribution in [0.4, 0.5) is 0 Å². The fourth-order valence-electron chi connectivity index (χ4n) is 4.11. The van der Waals surface area contributed by atoms with E-state index in [4.69, 9.17) is 4.74 Å². The summed E-state index contributed by atoms with van der Waals surface area (Å²) in [7, 11) is 1.72. The number of rotatable bonds is 7. The van der Waals surface area contributed by atoms with Crippen molar-refractivity contribution >= 4 is 0 Å². The van der Waals surface area contributed by atoms with Crippen LogP contribution in [0.5, 0.6) is 5.75 Å². The van der Waals surface area contributed by atoms with Gasteiger partial charge in [-0.1, -0.05) is 12.1 Å². The van der Waals surface area contributed by atoms with Crippen molar-refractivity contribution in [1.29, 1.82) is 0 Å². The SMILES string of the molecule is COc1ccc(CN2CCN(Cc3cccc(C)n3)C[C@@H]2CCO)c(C)c1C. The minimum absolute atomic E-state index is 0.221. The molecule has 1 aliphatic rings. The minimum Gasteiger partial charge on any atom is -0.496 e. The number of aliphatic hydroxyl groups excluding tert-OH is 1. The first kappa shape index (κ1) is 20.8. The van der Waals surface area contributed by atoms with Crippen molar-refractivity contribution in [2.45, 2.75) is 46.3 Å². The van der Waals surface area contributed by atoms with Gasteiger partial charge in [0.25, 0.3) is 0 Å². The maximum absolute atomic E-state index is 9.61. The molecule has 5 heteroatoms. The molecule has 1 fully saturated rings. The van der Waals surface area contributed by atoms with E-state index in [1.165, 1.54) is 16.7 Å². The van der Waals surface area contributed by atoms with Crippen molar-refractivity contribution in [2.24, 2.45) is 0 Å². The third-order valence-corrected chi connectivity index (χ3v) is 5.93. The first-order valence-corrected chi connectivity index (χ1v) is 10.1. The molecule has 3 rings (SSSR count). The molecular weight excluding hydrogens is 350 g/mol. The molecule has 0 bridgehead atoms. The Morgan fingerprint density at radius 3 is 2.61 bits per heavy atom. The summed E-state index contributed by atoms with van der Waals surface area (Å²) in [5.74, 6) is 0.948. The molecule has 0 spiro atoms. The Morgan fingerprint density at radius 1 is 1.07 bits per heavy atom. The summed E-state index contributed by atoms with van der Waals surface area (Å²) in [4.78, 5) is 9.63. The van der Waals surface area contributed by atoms with Crippen LogP contribution in [0.2, 0.25) is 0 Å². The Labute approximate surface area is 169 Å². The monoisotopic (exact) mass is 383 g/mol. The topological polar surface area (TPSA) is 48.8 Å². The van der Waals surface area contributed by atoms with Crippen molar-refractivity contribution in [3.63, 3.8) is 0 Å². The van der Waals surface area contributed by atoms with Gasteiger partial charge in [-0.2, -0.15) is 0 Å². The van der Waals surface area contributed by atoms with Crippen molar-refractivity contribution in [3.05, 3.63) is 58.4 Å². The molecule has 1 aromatic heterocycles. The second-order valence-electron chi connectivity index (χ2n) is 7.82. The molecule has 2 aromatic rings. The summed E-state index contributed by atoms with van der Waals surface area (Å²) < 4.78 is 5.45. The number of aryl methyl sites for hydroxylation is 1. The van der Waals surface area contributed by atoms with Crippen molar-refractivity contribution < 1.29 is 9.84 Å². The van der Waals surface area contributed by atoms with Gasteiger partial charge in [0.15, 0.2) is 0 Å². The number of piperazine rings is 1. The zero-order valence-electron chi connectivity index (χ0n) is 17.6. The molecule has 28 heavy (non-hydrogen) atoms. The second-order valence-corrected chi connectivity index (χ2v) is 7.82. The number of benzene rings is 1. The lowest BCUT2D eigenvalue weighted by atomic mass is 10.00. The zero-order chi connectivity index (χ0) is 20.1. The highest BCUT2D eigenvalue weighted by molar-refractivity contribution is 5.43. The van der Waals surface area contributed by atoms with Crippen LogP contribution in [-0.2, 0) is 13.1 Å². The summed E-state index contributed by atoms with van der Waals surface area (Å²) in [6.45, 7) is 11.3. The molecule has 0 unspecified atom stereocenters. The first-order valence-electron chi connectivity index (χ1n) is 10.1. The molecule has 1 N–H and O–H groups in total. The predicted octanol–water partition coefficient (Wildman–Crippen LogP) is 3.08. The van der Waals surface area contributed by atoms with Crippen LogP contribution in [0.3, 0.4) is 0 Å². The van der Waals surface area contributed by atoms with E-state index in [0.717, 1.165) is 56.3 Å². The largest absolute Gasteiger partial charge is 0.496 e. The van der Waals surface area contributed by atoms with E-state index in [2.05, 4.69) is 52.9 Å². The van der Waals surface area contributed by atoms with E-state index in [1.54, 1.807) is 7.11 Å². The first-order chi connectivity index (χ1) is 13.5. The molecular formula is C23H33N3O2. The molecule has 2 heterocycles. The van der Waals surface area contributed by atoms with Crippen LogP contribution >= 0.6 is 0 Å². The summed E-state index contributed by atoms with van der Waals surface area (Å²) in [5, 5.41) is 9.61. The Kier molecular flexibility index (Phi) is 7.05. The minimum atomic E-state index is 0.221. The summed E-state index contributed by atoms with van der Waals surface area (Å²) in [5.41, 5.74) is 6.04. The number of aliphatic hydroxyl groups is 1. The highest BCUT2D eigenvalue weighted by Gasteiger charge is 2.27.